The number of anilines is 1. The molecule has 1 fully saturated rings. The molecule has 4 nitrogen and oxygen atoms in total. The molecule has 0 saturated heterocycles. The summed E-state index contributed by atoms with van der Waals surface area (Å²) in [5.74, 6) is 0.701. The smallest absolute Gasteiger partial charge is 0.271 e. The average molecular weight is 276 g/mol. The molecule has 0 heterocycles. The van der Waals surface area contributed by atoms with Crippen molar-refractivity contribution in [3.8, 4) is 0 Å². The van der Waals surface area contributed by atoms with Crippen LogP contribution in [0.4, 0.5) is 11.4 Å². The highest BCUT2D eigenvalue weighted by Crippen LogP contribution is 2.31. The molecule has 1 aromatic rings. The number of nitrogens with zero attached hydrogens (tertiary/aromatic N) is 1. The Morgan fingerprint density at radius 2 is 2.05 bits per heavy atom. The first-order valence-electron chi connectivity index (χ1n) is 7.63. The number of aryl methyl sites for hydroxylation is 1. The van der Waals surface area contributed by atoms with Crippen molar-refractivity contribution in [2.24, 2.45) is 5.92 Å². The Balaban J connectivity index is 2.13. The van der Waals surface area contributed by atoms with Crippen molar-refractivity contribution in [3.05, 3.63) is 33.9 Å². The van der Waals surface area contributed by atoms with E-state index in [1.165, 1.54) is 32.1 Å². The van der Waals surface area contributed by atoms with Gasteiger partial charge in [-0.3, -0.25) is 10.1 Å². The van der Waals surface area contributed by atoms with Gasteiger partial charge in [0.25, 0.3) is 5.69 Å². The summed E-state index contributed by atoms with van der Waals surface area (Å²) in [7, 11) is 0. The van der Waals surface area contributed by atoms with Crippen LogP contribution >= 0.6 is 0 Å². The molecule has 4 heteroatoms. The molecule has 0 spiro atoms. The standard InChI is InChI=1S/C16H24N2O2/c1-3-15(13-7-5-4-6-8-13)17-16-11-14(18(19)20)10-9-12(16)2/h9-11,13,15,17H,3-8H2,1-2H3. The van der Waals surface area contributed by atoms with Crippen LogP contribution in [0.2, 0.25) is 0 Å². The molecular weight excluding hydrogens is 252 g/mol. The summed E-state index contributed by atoms with van der Waals surface area (Å²) < 4.78 is 0. The monoisotopic (exact) mass is 276 g/mol. The van der Waals surface area contributed by atoms with Gasteiger partial charge in [0, 0.05) is 23.9 Å². The van der Waals surface area contributed by atoms with Crippen LogP contribution in [0.1, 0.15) is 51.0 Å². The van der Waals surface area contributed by atoms with Crippen molar-refractivity contribution in [1.29, 1.82) is 0 Å². The SMILES string of the molecule is CCC(Nc1cc([N+](=O)[O-])ccc1C)C1CCCCC1. The molecule has 1 saturated carbocycles. The molecule has 1 atom stereocenters. The third kappa shape index (κ3) is 3.50. The predicted octanol–water partition coefficient (Wildman–Crippen LogP) is 4.67. The molecule has 0 aliphatic heterocycles. The summed E-state index contributed by atoms with van der Waals surface area (Å²) in [6, 6.07) is 5.49. The van der Waals surface area contributed by atoms with Gasteiger partial charge in [0.1, 0.15) is 0 Å². The zero-order chi connectivity index (χ0) is 14.5. The van der Waals surface area contributed by atoms with E-state index in [0.29, 0.717) is 12.0 Å². The molecule has 20 heavy (non-hydrogen) atoms. The number of non-ortho nitro benzene ring substituents is 1. The van der Waals surface area contributed by atoms with Gasteiger partial charge < -0.3 is 5.32 Å². The highest BCUT2D eigenvalue weighted by molar-refractivity contribution is 5.57. The lowest BCUT2D eigenvalue weighted by atomic mass is 9.83. The minimum atomic E-state index is -0.327. The zero-order valence-electron chi connectivity index (χ0n) is 12.4. The van der Waals surface area contributed by atoms with E-state index in [-0.39, 0.29) is 10.6 Å². The Morgan fingerprint density at radius 1 is 1.35 bits per heavy atom. The van der Waals surface area contributed by atoms with Crippen molar-refractivity contribution in [2.75, 3.05) is 5.32 Å². The maximum absolute atomic E-state index is 10.9. The molecule has 1 aromatic carbocycles. The summed E-state index contributed by atoms with van der Waals surface area (Å²) in [6.45, 7) is 4.19. The Kier molecular flexibility index (Phi) is 4.99. The lowest BCUT2D eigenvalue weighted by Crippen LogP contribution is -2.30. The Labute approximate surface area is 120 Å². The molecule has 0 amide bonds. The summed E-state index contributed by atoms with van der Waals surface area (Å²) in [6.07, 6.45) is 7.60. The molecule has 1 N–H and O–H groups in total. The van der Waals surface area contributed by atoms with Gasteiger partial charge in [-0.2, -0.15) is 0 Å². The number of nitro groups is 1. The molecule has 0 bridgehead atoms. The van der Waals surface area contributed by atoms with Crippen LogP contribution in [0.15, 0.2) is 18.2 Å². The van der Waals surface area contributed by atoms with Gasteiger partial charge in [-0.25, -0.2) is 0 Å². The van der Waals surface area contributed by atoms with Gasteiger partial charge >= 0.3 is 0 Å². The van der Waals surface area contributed by atoms with E-state index in [4.69, 9.17) is 0 Å². The van der Waals surface area contributed by atoms with Gasteiger partial charge in [-0.1, -0.05) is 32.3 Å². The van der Waals surface area contributed by atoms with Gasteiger partial charge in [-0.15, -0.1) is 0 Å². The molecule has 0 aromatic heterocycles. The Hall–Kier alpha value is -1.58. The molecule has 1 aliphatic carbocycles. The summed E-state index contributed by atoms with van der Waals surface area (Å²) in [5.41, 5.74) is 2.15. The quantitative estimate of drug-likeness (QED) is 0.628. The van der Waals surface area contributed by atoms with Gasteiger partial charge in [0.2, 0.25) is 0 Å². The number of hydrogen-bond donors (Lipinski definition) is 1. The van der Waals surface area contributed by atoms with Crippen LogP contribution in [-0.4, -0.2) is 11.0 Å². The van der Waals surface area contributed by atoms with Crippen molar-refractivity contribution in [2.45, 2.75) is 58.4 Å². The fourth-order valence-corrected chi connectivity index (χ4v) is 3.17. The van der Waals surface area contributed by atoms with Crippen molar-refractivity contribution >= 4 is 11.4 Å². The minimum absolute atomic E-state index is 0.164. The van der Waals surface area contributed by atoms with Crippen LogP contribution in [0.3, 0.4) is 0 Å². The Morgan fingerprint density at radius 3 is 2.65 bits per heavy atom. The van der Waals surface area contributed by atoms with Gasteiger partial charge in [0.05, 0.1) is 4.92 Å². The van der Waals surface area contributed by atoms with Gasteiger partial charge in [0.15, 0.2) is 0 Å². The molecule has 0 radical (unpaired) electrons. The van der Waals surface area contributed by atoms with E-state index in [2.05, 4.69) is 12.2 Å². The number of hydrogen-bond acceptors (Lipinski definition) is 3. The van der Waals surface area contributed by atoms with Crippen LogP contribution < -0.4 is 5.32 Å². The third-order valence-electron chi connectivity index (χ3n) is 4.43. The highest BCUT2D eigenvalue weighted by atomic mass is 16.6. The maximum atomic E-state index is 10.9. The normalized spacial score (nSPS) is 17.7. The maximum Gasteiger partial charge on any atom is 0.271 e. The second-order valence-corrected chi connectivity index (χ2v) is 5.81. The van der Waals surface area contributed by atoms with E-state index < -0.39 is 0 Å². The predicted molar refractivity (Wildman–Crippen MR) is 82.1 cm³/mol. The highest BCUT2D eigenvalue weighted by Gasteiger charge is 2.23. The van der Waals surface area contributed by atoms with E-state index in [1.807, 2.05) is 13.0 Å². The summed E-state index contributed by atoms with van der Waals surface area (Å²) in [5, 5.41) is 14.5. The first-order valence-corrected chi connectivity index (χ1v) is 7.63. The number of nitrogens with one attached hydrogen (secondary N) is 1. The molecular formula is C16H24N2O2. The lowest BCUT2D eigenvalue weighted by molar-refractivity contribution is -0.384. The molecule has 110 valence electrons. The van der Waals surface area contributed by atoms with Crippen molar-refractivity contribution in [3.63, 3.8) is 0 Å². The van der Waals surface area contributed by atoms with E-state index >= 15 is 0 Å². The van der Waals surface area contributed by atoms with Crippen LogP contribution in [0.25, 0.3) is 0 Å². The van der Waals surface area contributed by atoms with Crippen LogP contribution in [0.5, 0.6) is 0 Å². The molecule has 2 rings (SSSR count). The first-order chi connectivity index (χ1) is 9.61. The van der Waals surface area contributed by atoms with Crippen molar-refractivity contribution < 1.29 is 4.92 Å². The minimum Gasteiger partial charge on any atom is -0.382 e. The topological polar surface area (TPSA) is 55.2 Å². The summed E-state index contributed by atoms with van der Waals surface area (Å²) in [4.78, 5) is 10.6. The largest absolute Gasteiger partial charge is 0.382 e. The third-order valence-corrected chi connectivity index (χ3v) is 4.43. The van der Waals surface area contributed by atoms with E-state index in [0.717, 1.165) is 17.7 Å². The zero-order valence-corrected chi connectivity index (χ0v) is 12.4. The van der Waals surface area contributed by atoms with Crippen molar-refractivity contribution in [1.82, 2.24) is 0 Å². The van der Waals surface area contributed by atoms with E-state index in [1.54, 1.807) is 12.1 Å². The Bertz CT molecular complexity index is 468. The lowest BCUT2D eigenvalue weighted by Gasteiger charge is -2.31. The second-order valence-electron chi connectivity index (χ2n) is 5.81. The summed E-state index contributed by atoms with van der Waals surface area (Å²) >= 11 is 0. The second kappa shape index (κ2) is 6.73. The van der Waals surface area contributed by atoms with Crippen LogP contribution in [-0.2, 0) is 0 Å². The average Bonchev–Trinajstić information content (AvgIpc) is 2.47. The molecule has 1 aliphatic rings. The molecule has 1 unspecified atom stereocenters. The number of nitro benzene ring substituents is 1. The van der Waals surface area contributed by atoms with E-state index in [9.17, 15) is 10.1 Å². The fraction of sp³-hybridized carbons (Fsp3) is 0.625. The van der Waals surface area contributed by atoms with Crippen LogP contribution in [0, 0.1) is 23.0 Å². The number of rotatable bonds is 5. The first kappa shape index (κ1) is 14.8. The number of benzene rings is 1. The van der Waals surface area contributed by atoms with Gasteiger partial charge in [-0.05, 0) is 37.7 Å². The fourth-order valence-electron chi connectivity index (χ4n) is 3.17.